The van der Waals surface area contributed by atoms with Gasteiger partial charge in [-0.2, -0.15) is 0 Å². The van der Waals surface area contributed by atoms with Crippen molar-refractivity contribution in [2.75, 3.05) is 6.61 Å². The molecule has 1 aliphatic carbocycles. The number of amides is 1. The molecule has 0 heterocycles. The van der Waals surface area contributed by atoms with Crippen LogP contribution in [0.2, 0.25) is 0 Å². The molecule has 0 aliphatic heterocycles. The van der Waals surface area contributed by atoms with Crippen molar-refractivity contribution in [2.24, 2.45) is 0 Å². The van der Waals surface area contributed by atoms with Crippen molar-refractivity contribution in [1.29, 1.82) is 0 Å². The molecule has 1 amide bonds. The highest BCUT2D eigenvalue weighted by Crippen LogP contribution is 2.47. The number of unbranched alkanes of at least 4 members (excludes halogenated alkanes) is 28. The number of rotatable bonds is 41. The maximum atomic E-state index is 13.0. The van der Waals surface area contributed by atoms with Crippen LogP contribution in [0.4, 0.5) is 0 Å². The molecule has 1 rings (SSSR count). The highest BCUT2D eigenvalue weighted by Gasteiger charge is 2.51. The second-order valence-corrected chi connectivity index (χ2v) is 19.3. The van der Waals surface area contributed by atoms with Crippen LogP contribution >= 0.6 is 7.82 Å². The smallest absolute Gasteiger partial charge is 0.393 e. The van der Waals surface area contributed by atoms with E-state index in [1.54, 1.807) is 6.08 Å². The summed E-state index contributed by atoms with van der Waals surface area (Å²) in [7, 11) is -5.14. The van der Waals surface area contributed by atoms with Gasteiger partial charge in [-0.05, 0) is 19.3 Å². The van der Waals surface area contributed by atoms with Crippen LogP contribution in [0.1, 0.15) is 219 Å². The Morgan fingerprint density at radius 2 is 0.934 bits per heavy atom. The third-order valence-electron chi connectivity index (χ3n) is 12.1. The predicted octanol–water partition coefficient (Wildman–Crippen LogP) is 8.59. The van der Waals surface area contributed by atoms with E-state index in [-0.39, 0.29) is 6.42 Å². The van der Waals surface area contributed by atoms with Gasteiger partial charge in [-0.25, -0.2) is 4.57 Å². The van der Waals surface area contributed by atoms with Gasteiger partial charge in [0.05, 0.1) is 31.3 Å². The molecule has 8 atom stereocenters. The van der Waals surface area contributed by atoms with Crippen molar-refractivity contribution in [3.05, 3.63) is 12.2 Å². The van der Waals surface area contributed by atoms with E-state index >= 15 is 0 Å². The topological polar surface area (TPSA) is 226 Å². The predicted molar refractivity (Wildman–Crippen MR) is 243 cm³/mol. The summed E-state index contributed by atoms with van der Waals surface area (Å²) in [5.41, 5.74) is 0. The number of carbonyl (C=O) groups is 1. The van der Waals surface area contributed by atoms with Crippen molar-refractivity contribution in [3.63, 3.8) is 0 Å². The summed E-state index contributed by atoms with van der Waals surface area (Å²) in [4.78, 5) is 23.4. The van der Waals surface area contributed by atoms with Crippen molar-refractivity contribution in [1.82, 2.24) is 5.32 Å². The molecule has 0 saturated heterocycles. The average molecular weight is 894 g/mol. The van der Waals surface area contributed by atoms with E-state index in [4.69, 9.17) is 9.05 Å². The first-order valence-corrected chi connectivity index (χ1v) is 26.2. The number of phosphoric ester groups is 1. The quantitative estimate of drug-likeness (QED) is 0.0160. The first kappa shape index (κ1) is 58.1. The van der Waals surface area contributed by atoms with E-state index in [1.807, 2.05) is 0 Å². The van der Waals surface area contributed by atoms with Gasteiger partial charge in [0, 0.05) is 0 Å². The first-order valence-electron chi connectivity index (χ1n) is 24.7. The van der Waals surface area contributed by atoms with Gasteiger partial charge in [0.25, 0.3) is 0 Å². The number of carbonyl (C=O) groups excluding carboxylic acids is 1. The number of nitrogens with one attached hydrogen (secondary N) is 1. The van der Waals surface area contributed by atoms with Crippen molar-refractivity contribution >= 4 is 13.7 Å². The lowest BCUT2D eigenvalue weighted by molar-refractivity contribution is -0.220. The number of allylic oxidation sites excluding steroid dienone is 1. The molecular weight excluding hydrogens is 801 g/mol. The van der Waals surface area contributed by atoms with E-state index in [2.05, 4.69) is 19.2 Å². The highest BCUT2D eigenvalue weighted by molar-refractivity contribution is 7.47. The molecule has 0 aromatic carbocycles. The van der Waals surface area contributed by atoms with Crippen LogP contribution in [0.3, 0.4) is 0 Å². The van der Waals surface area contributed by atoms with Gasteiger partial charge in [0.1, 0.15) is 36.6 Å². The Hall–Kier alpha value is -0.960. The normalized spacial score (nSPS) is 23.2. The van der Waals surface area contributed by atoms with Crippen molar-refractivity contribution < 1.29 is 59.0 Å². The van der Waals surface area contributed by atoms with Gasteiger partial charge in [0.15, 0.2) is 0 Å². The van der Waals surface area contributed by atoms with Crippen LogP contribution in [0.15, 0.2) is 12.2 Å². The summed E-state index contributed by atoms with van der Waals surface area (Å²) in [6.45, 7) is 3.74. The van der Waals surface area contributed by atoms with Gasteiger partial charge in [-0.15, -0.1) is 0 Å². The monoisotopic (exact) mass is 894 g/mol. The number of aliphatic hydroxyl groups is 7. The standard InChI is InChI=1S/C47H92NO12P/c1-3-5-7-9-11-13-15-16-17-18-19-20-21-22-23-24-25-27-29-31-33-35-40(50)39(37-59-61(57,58)60-47-45(55)43(53)42(52)44(54)46(47)56)48-41(51)36-38(49)34-32-30-28-26-14-12-10-8-6-4-2/h33,35,38-40,42-47,49-50,52-56H,3-32,34,36-37H2,1-2H3,(H,48,51)(H,57,58)/b35-33+. The molecule has 9 N–H and O–H groups in total. The van der Waals surface area contributed by atoms with Gasteiger partial charge >= 0.3 is 7.82 Å². The molecule has 0 aromatic rings. The number of hydrogen-bond acceptors (Lipinski definition) is 11. The Bertz CT molecular complexity index is 1100. The summed E-state index contributed by atoms with van der Waals surface area (Å²) >= 11 is 0. The molecule has 0 spiro atoms. The number of phosphoric acid groups is 1. The molecule has 362 valence electrons. The average Bonchev–Trinajstić information content (AvgIpc) is 3.23. The van der Waals surface area contributed by atoms with Crippen LogP contribution < -0.4 is 5.32 Å². The maximum Gasteiger partial charge on any atom is 0.472 e. The number of aliphatic hydroxyl groups excluding tert-OH is 7. The van der Waals surface area contributed by atoms with E-state index in [0.29, 0.717) is 12.8 Å². The molecule has 0 aromatic heterocycles. The molecule has 0 radical (unpaired) electrons. The molecule has 8 unspecified atom stereocenters. The summed E-state index contributed by atoms with van der Waals surface area (Å²) in [5, 5.41) is 74.5. The van der Waals surface area contributed by atoms with E-state index in [9.17, 15) is 50.0 Å². The third kappa shape index (κ3) is 29.2. The third-order valence-corrected chi connectivity index (χ3v) is 13.1. The molecule has 13 nitrogen and oxygen atoms in total. The van der Waals surface area contributed by atoms with Crippen LogP contribution in [-0.2, 0) is 18.4 Å². The summed E-state index contributed by atoms with van der Waals surface area (Å²) in [5.74, 6) is -0.591. The number of hydrogen-bond donors (Lipinski definition) is 9. The SMILES string of the molecule is CCCCCCCCCCCCCCCCCCCCC/C=C/C(O)C(COP(=O)(O)OC1C(O)C(O)C(O)C(O)C1O)NC(=O)CC(O)CCCCCCCCCCCC. The zero-order valence-corrected chi connectivity index (χ0v) is 39.2. The Balaban J connectivity index is 2.48. The van der Waals surface area contributed by atoms with Gasteiger partial charge in [0.2, 0.25) is 5.91 Å². The van der Waals surface area contributed by atoms with Crippen LogP contribution in [0, 0.1) is 0 Å². The Morgan fingerprint density at radius 1 is 0.574 bits per heavy atom. The minimum Gasteiger partial charge on any atom is -0.393 e. The minimum absolute atomic E-state index is 0.241. The van der Waals surface area contributed by atoms with Crippen LogP contribution in [-0.4, -0.2) is 108 Å². The zero-order chi connectivity index (χ0) is 45.1. The molecule has 1 fully saturated rings. The molecular formula is C47H92NO12P. The van der Waals surface area contributed by atoms with E-state index in [0.717, 1.165) is 44.9 Å². The largest absolute Gasteiger partial charge is 0.472 e. The lowest BCUT2D eigenvalue weighted by Gasteiger charge is -2.41. The van der Waals surface area contributed by atoms with E-state index in [1.165, 1.54) is 147 Å². The molecule has 61 heavy (non-hydrogen) atoms. The fraction of sp³-hybridized carbons (Fsp3) is 0.936. The second-order valence-electron chi connectivity index (χ2n) is 17.9. The summed E-state index contributed by atoms with van der Waals surface area (Å²) in [6.07, 6.45) is 25.9. The van der Waals surface area contributed by atoms with Gasteiger partial charge < -0.3 is 46.0 Å². The molecule has 0 bridgehead atoms. The lowest BCUT2D eigenvalue weighted by atomic mass is 9.85. The van der Waals surface area contributed by atoms with E-state index < -0.39 is 75.2 Å². The first-order chi connectivity index (χ1) is 29.3. The highest BCUT2D eigenvalue weighted by atomic mass is 31.2. The zero-order valence-electron chi connectivity index (χ0n) is 38.3. The Kier molecular flexibility index (Phi) is 35.5. The fourth-order valence-electron chi connectivity index (χ4n) is 8.07. The molecule has 1 saturated carbocycles. The molecule has 14 heteroatoms. The van der Waals surface area contributed by atoms with Crippen LogP contribution in [0.5, 0.6) is 0 Å². The minimum atomic E-state index is -5.14. The fourth-order valence-corrected chi connectivity index (χ4v) is 9.03. The van der Waals surface area contributed by atoms with Gasteiger partial charge in [-0.3, -0.25) is 13.8 Å². The Labute approximate surface area is 370 Å². The summed E-state index contributed by atoms with van der Waals surface area (Å²) < 4.78 is 22.9. The second kappa shape index (κ2) is 37.3. The maximum absolute atomic E-state index is 13.0. The Morgan fingerprint density at radius 3 is 1.34 bits per heavy atom. The summed E-state index contributed by atoms with van der Waals surface area (Å²) in [6, 6.07) is -1.23. The van der Waals surface area contributed by atoms with Crippen molar-refractivity contribution in [2.45, 2.75) is 274 Å². The van der Waals surface area contributed by atoms with Crippen molar-refractivity contribution in [3.8, 4) is 0 Å². The van der Waals surface area contributed by atoms with Gasteiger partial charge in [-0.1, -0.05) is 206 Å². The van der Waals surface area contributed by atoms with Crippen LogP contribution in [0.25, 0.3) is 0 Å². The molecule has 1 aliphatic rings. The lowest BCUT2D eigenvalue weighted by Crippen LogP contribution is -2.64.